The Balaban J connectivity index is 1.95. The first-order valence-electron chi connectivity index (χ1n) is 7.68. The van der Waals surface area contributed by atoms with E-state index in [1.807, 2.05) is 11.8 Å². The Morgan fingerprint density at radius 1 is 1.41 bits per heavy atom. The Morgan fingerprint density at radius 3 is 2.91 bits per heavy atom. The summed E-state index contributed by atoms with van der Waals surface area (Å²) >= 11 is 0. The van der Waals surface area contributed by atoms with Gasteiger partial charge in [-0.1, -0.05) is 6.07 Å². The lowest BCUT2D eigenvalue weighted by molar-refractivity contribution is 0.290. The standard InChI is InChI=1S/C15H15F2N3O2/c1-9-7-20-14(19(9)2)6-13(18-15(20)21)22-8-10-3-4-11(16)12(17)5-10/h3-6,9H,7-8H2,1-2H3/t9-/m0/s1/i8D2. The number of aromatic nitrogens is 2. The van der Waals surface area contributed by atoms with Crippen LogP contribution in [-0.4, -0.2) is 22.6 Å². The van der Waals surface area contributed by atoms with Crippen LogP contribution in [0.5, 0.6) is 5.88 Å². The van der Waals surface area contributed by atoms with E-state index in [0.717, 1.165) is 12.1 Å². The number of ether oxygens (including phenoxy) is 1. The Hall–Kier alpha value is -2.44. The van der Waals surface area contributed by atoms with Crippen molar-refractivity contribution in [3.8, 4) is 5.88 Å². The highest BCUT2D eigenvalue weighted by atomic mass is 19.2. The monoisotopic (exact) mass is 309 g/mol. The van der Waals surface area contributed by atoms with Gasteiger partial charge in [0, 0.05) is 25.7 Å². The van der Waals surface area contributed by atoms with Crippen LogP contribution in [0.15, 0.2) is 29.1 Å². The smallest absolute Gasteiger partial charge is 0.352 e. The quantitative estimate of drug-likeness (QED) is 0.869. The minimum atomic E-state index is -2.48. The summed E-state index contributed by atoms with van der Waals surface area (Å²) in [4.78, 5) is 17.6. The van der Waals surface area contributed by atoms with Crippen LogP contribution in [-0.2, 0) is 13.1 Å². The van der Waals surface area contributed by atoms with E-state index in [-0.39, 0.29) is 17.5 Å². The molecular formula is C15H15F2N3O2. The van der Waals surface area contributed by atoms with Gasteiger partial charge in [0.1, 0.15) is 12.4 Å². The Labute approximate surface area is 128 Å². The van der Waals surface area contributed by atoms with Crippen LogP contribution in [0, 0.1) is 11.6 Å². The Bertz CT molecular complexity index is 857. The number of halogens is 2. The van der Waals surface area contributed by atoms with E-state index in [0.29, 0.717) is 18.4 Å². The topological polar surface area (TPSA) is 47.4 Å². The van der Waals surface area contributed by atoms with Gasteiger partial charge in [-0.25, -0.2) is 13.6 Å². The van der Waals surface area contributed by atoms with Gasteiger partial charge in [-0.3, -0.25) is 4.57 Å². The van der Waals surface area contributed by atoms with Crippen LogP contribution < -0.4 is 15.3 Å². The number of hydrogen-bond acceptors (Lipinski definition) is 4. The maximum absolute atomic E-state index is 13.3. The highest BCUT2D eigenvalue weighted by molar-refractivity contribution is 5.45. The summed E-state index contributed by atoms with van der Waals surface area (Å²) < 4.78 is 48.8. The number of anilines is 1. The number of nitrogens with zero attached hydrogens (tertiary/aromatic N) is 3. The maximum Gasteiger partial charge on any atom is 0.352 e. The summed E-state index contributed by atoms with van der Waals surface area (Å²) in [5.74, 6) is -1.94. The molecule has 0 saturated heterocycles. The zero-order chi connectivity index (χ0) is 17.6. The SMILES string of the molecule is [2H]C([2H])(Oc1cc2n(c(=O)n1)C[C@H](C)N2C)c1ccc(F)c(F)c1. The van der Waals surface area contributed by atoms with E-state index in [9.17, 15) is 13.6 Å². The van der Waals surface area contributed by atoms with E-state index in [1.54, 1.807) is 7.05 Å². The molecule has 0 aliphatic carbocycles. The second-order valence-corrected chi connectivity index (χ2v) is 5.14. The van der Waals surface area contributed by atoms with E-state index >= 15 is 0 Å². The van der Waals surface area contributed by atoms with Gasteiger partial charge in [0.25, 0.3) is 0 Å². The molecule has 0 fully saturated rings. The van der Waals surface area contributed by atoms with Crippen molar-refractivity contribution in [3.63, 3.8) is 0 Å². The molecule has 0 amide bonds. The second kappa shape index (κ2) is 5.40. The normalized spacial score (nSPS) is 18.7. The van der Waals surface area contributed by atoms with Crippen LogP contribution in [0.3, 0.4) is 0 Å². The molecule has 1 atom stereocenters. The predicted octanol–water partition coefficient (Wildman–Crippen LogP) is 1.94. The first-order chi connectivity index (χ1) is 11.2. The molecule has 0 N–H and O–H groups in total. The number of hydrogen-bond donors (Lipinski definition) is 0. The fourth-order valence-corrected chi connectivity index (χ4v) is 2.27. The van der Waals surface area contributed by atoms with Crippen molar-refractivity contribution in [2.45, 2.75) is 26.1 Å². The van der Waals surface area contributed by atoms with Gasteiger partial charge in [-0.05, 0) is 24.6 Å². The molecule has 5 nitrogen and oxygen atoms in total. The van der Waals surface area contributed by atoms with E-state index < -0.39 is 23.9 Å². The van der Waals surface area contributed by atoms with Crippen LogP contribution in [0.4, 0.5) is 14.6 Å². The van der Waals surface area contributed by atoms with Crippen LogP contribution in [0.2, 0.25) is 0 Å². The van der Waals surface area contributed by atoms with Crippen LogP contribution >= 0.6 is 0 Å². The van der Waals surface area contributed by atoms with Gasteiger partial charge in [0.15, 0.2) is 11.6 Å². The third-order valence-electron chi connectivity index (χ3n) is 3.63. The minimum absolute atomic E-state index is 0.0951. The summed E-state index contributed by atoms with van der Waals surface area (Å²) in [5.41, 5.74) is -0.773. The molecule has 22 heavy (non-hydrogen) atoms. The summed E-state index contributed by atoms with van der Waals surface area (Å²) in [7, 11) is 1.80. The lowest BCUT2D eigenvalue weighted by Crippen LogP contribution is -2.23. The number of benzene rings is 1. The predicted molar refractivity (Wildman–Crippen MR) is 77.1 cm³/mol. The van der Waals surface area contributed by atoms with Crippen LogP contribution in [0.1, 0.15) is 15.2 Å². The van der Waals surface area contributed by atoms with E-state index in [2.05, 4.69) is 4.98 Å². The first-order valence-corrected chi connectivity index (χ1v) is 6.68. The van der Waals surface area contributed by atoms with Crippen molar-refractivity contribution in [1.82, 2.24) is 9.55 Å². The van der Waals surface area contributed by atoms with Gasteiger partial charge in [0.05, 0.1) is 2.74 Å². The summed E-state index contributed by atoms with van der Waals surface area (Å²) in [6.45, 7) is -0.0583. The molecule has 7 heteroatoms. The van der Waals surface area contributed by atoms with Gasteiger partial charge in [-0.2, -0.15) is 4.98 Å². The molecule has 0 saturated carbocycles. The molecule has 0 radical (unpaired) electrons. The molecule has 0 bridgehead atoms. The van der Waals surface area contributed by atoms with Gasteiger partial charge in [0.2, 0.25) is 5.88 Å². The Kier molecular flexibility index (Phi) is 2.98. The van der Waals surface area contributed by atoms with Crippen molar-refractivity contribution < 1.29 is 16.3 Å². The molecule has 2 aromatic rings. The summed E-state index contributed by atoms with van der Waals surface area (Å²) in [6, 6.07) is 4.14. The highest BCUT2D eigenvalue weighted by Crippen LogP contribution is 2.24. The fraction of sp³-hybridized carbons (Fsp3) is 0.333. The van der Waals surface area contributed by atoms with Crippen molar-refractivity contribution in [1.29, 1.82) is 0 Å². The first kappa shape index (κ1) is 12.1. The largest absolute Gasteiger partial charge is 0.473 e. The highest BCUT2D eigenvalue weighted by Gasteiger charge is 2.25. The van der Waals surface area contributed by atoms with Gasteiger partial charge >= 0.3 is 5.69 Å². The molecule has 1 aliphatic rings. The summed E-state index contributed by atoms with van der Waals surface area (Å²) in [6.07, 6.45) is 0. The fourth-order valence-electron chi connectivity index (χ4n) is 2.27. The zero-order valence-electron chi connectivity index (χ0n) is 14.0. The average Bonchev–Trinajstić information content (AvgIpc) is 2.78. The second-order valence-electron chi connectivity index (χ2n) is 5.14. The van der Waals surface area contributed by atoms with Crippen molar-refractivity contribution in [2.75, 3.05) is 11.9 Å². The number of fused-ring (bicyclic) bond motifs is 1. The Morgan fingerprint density at radius 2 is 2.18 bits per heavy atom. The number of likely N-dealkylation sites (N-methyl/N-ethyl adjacent to an activating group) is 1. The molecule has 1 aromatic carbocycles. The minimum Gasteiger partial charge on any atom is -0.473 e. The van der Waals surface area contributed by atoms with Gasteiger partial charge in [-0.15, -0.1) is 0 Å². The molecule has 2 heterocycles. The lowest BCUT2D eigenvalue weighted by atomic mass is 10.2. The molecule has 1 aliphatic heterocycles. The summed E-state index contributed by atoms with van der Waals surface area (Å²) in [5, 5.41) is 0. The van der Waals surface area contributed by atoms with Crippen LogP contribution in [0.25, 0.3) is 0 Å². The molecule has 3 rings (SSSR count). The van der Waals surface area contributed by atoms with Crippen molar-refractivity contribution >= 4 is 5.82 Å². The van der Waals surface area contributed by atoms with Crippen molar-refractivity contribution in [2.24, 2.45) is 0 Å². The number of rotatable bonds is 3. The van der Waals surface area contributed by atoms with Crippen molar-refractivity contribution in [3.05, 3.63) is 51.9 Å². The van der Waals surface area contributed by atoms with Gasteiger partial charge < -0.3 is 9.64 Å². The molecule has 0 spiro atoms. The van der Waals surface area contributed by atoms with E-state index in [4.69, 9.17) is 7.48 Å². The molecule has 0 unspecified atom stereocenters. The third-order valence-corrected chi connectivity index (χ3v) is 3.63. The molecule has 116 valence electrons. The van der Waals surface area contributed by atoms with E-state index in [1.165, 1.54) is 10.6 Å². The molecular weight excluding hydrogens is 292 g/mol. The third kappa shape index (κ3) is 2.54. The molecule has 1 aromatic heterocycles. The zero-order valence-corrected chi connectivity index (χ0v) is 12.0. The average molecular weight is 309 g/mol. The maximum atomic E-state index is 13.3. The lowest BCUT2D eigenvalue weighted by Gasteiger charge is -2.16.